The Kier molecular flexibility index (Phi) is 11.3. The molecule has 0 aromatic heterocycles. The zero-order valence-electron chi connectivity index (χ0n) is 22.0. The molecule has 0 bridgehead atoms. The lowest BCUT2D eigenvalue weighted by Crippen LogP contribution is -2.34. The average Bonchev–Trinajstić information content (AvgIpc) is 3.13. The van der Waals surface area contributed by atoms with Crippen molar-refractivity contribution in [1.29, 1.82) is 0 Å². The zero-order chi connectivity index (χ0) is 25.1. The number of esters is 1. The third kappa shape index (κ3) is 8.30. The van der Waals surface area contributed by atoms with Gasteiger partial charge in [-0.3, -0.25) is 9.59 Å². The van der Waals surface area contributed by atoms with Gasteiger partial charge in [0.2, 0.25) is 5.91 Å². The second kappa shape index (κ2) is 13.9. The Morgan fingerprint density at radius 1 is 0.971 bits per heavy atom. The Morgan fingerprint density at radius 3 is 2.12 bits per heavy atom. The van der Waals surface area contributed by atoms with Crippen LogP contribution in [0.15, 0.2) is 36.4 Å². The molecule has 1 atom stereocenters. The summed E-state index contributed by atoms with van der Waals surface area (Å²) in [6, 6.07) is 12.5. The van der Waals surface area contributed by atoms with Crippen LogP contribution in [0.4, 0.5) is 0 Å². The number of hydrogen-bond acceptors (Lipinski definition) is 3. The smallest absolute Gasteiger partial charge is 0.308 e. The van der Waals surface area contributed by atoms with Crippen molar-refractivity contribution >= 4 is 11.9 Å². The van der Waals surface area contributed by atoms with E-state index in [4.69, 9.17) is 4.74 Å². The van der Waals surface area contributed by atoms with Crippen molar-refractivity contribution in [2.75, 3.05) is 6.54 Å². The molecule has 2 aliphatic carbocycles. The first kappa shape index (κ1) is 27.6. The lowest BCUT2D eigenvalue weighted by Gasteiger charge is -2.23. The van der Waals surface area contributed by atoms with Crippen LogP contribution in [0.2, 0.25) is 0 Å². The van der Waals surface area contributed by atoms with Gasteiger partial charge in [0.25, 0.3) is 0 Å². The van der Waals surface area contributed by atoms with Crippen molar-refractivity contribution in [3.8, 4) is 5.75 Å². The second-order valence-electron chi connectivity index (χ2n) is 9.67. The highest BCUT2D eigenvalue weighted by Crippen LogP contribution is 2.34. The number of ether oxygens (including phenoxy) is 1. The van der Waals surface area contributed by atoms with E-state index in [1.807, 2.05) is 32.0 Å². The Bertz CT molecular complexity index is 926. The highest BCUT2D eigenvalue weighted by molar-refractivity contribution is 5.79. The summed E-state index contributed by atoms with van der Waals surface area (Å²) in [5.41, 5.74) is 6.66. The van der Waals surface area contributed by atoms with E-state index in [0.29, 0.717) is 11.7 Å². The summed E-state index contributed by atoms with van der Waals surface area (Å²) in [7, 11) is 0. The maximum absolute atomic E-state index is 11.2. The third-order valence-electron chi connectivity index (χ3n) is 6.76. The van der Waals surface area contributed by atoms with Gasteiger partial charge in [-0.25, -0.2) is 0 Å². The lowest BCUT2D eigenvalue weighted by molar-refractivity contribution is -0.132. The standard InChI is InChI=1S/C11H14.C10H12O2.C9H17NO/c1-8-4-3-5-10-9(2)6-7-11(8)10;1-7-5-4-6-8(2)10(7)12-9(3)11;1-2-3-7-10-9(11)8-5-4-6-8/h3-5,9H,6-7H2,1-2H3;4-6H,1-3H3;8H,2-7H2,1H3,(H,10,11)/t9-;;/m0../s1. The van der Waals surface area contributed by atoms with Gasteiger partial charge < -0.3 is 10.1 Å². The van der Waals surface area contributed by atoms with Crippen molar-refractivity contribution in [2.45, 2.75) is 92.4 Å². The molecule has 4 heteroatoms. The number of carbonyl (C=O) groups is 2. The van der Waals surface area contributed by atoms with Crippen LogP contribution in [-0.4, -0.2) is 18.4 Å². The molecular formula is C30H43NO3. The second-order valence-corrected chi connectivity index (χ2v) is 9.67. The van der Waals surface area contributed by atoms with Gasteiger partial charge in [0, 0.05) is 19.4 Å². The van der Waals surface area contributed by atoms with Gasteiger partial charge in [-0.05, 0) is 86.6 Å². The first-order chi connectivity index (χ1) is 16.2. The molecule has 0 saturated heterocycles. The van der Waals surface area contributed by atoms with E-state index in [0.717, 1.165) is 49.3 Å². The largest absolute Gasteiger partial charge is 0.426 e. The van der Waals surface area contributed by atoms with Gasteiger partial charge in [-0.2, -0.15) is 0 Å². The minimum atomic E-state index is -0.271. The quantitative estimate of drug-likeness (QED) is 0.294. The van der Waals surface area contributed by atoms with E-state index < -0.39 is 0 Å². The van der Waals surface area contributed by atoms with Crippen molar-refractivity contribution in [1.82, 2.24) is 5.32 Å². The number of carbonyl (C=O) groups excluding carboxylic acids is 2. The van der Waals surface area contributed by atoms with E-state index in [9.17, 15) is 9.59 Å². The van der Waals surface area contributed by atoms with Gasteiger partial charge in [0.15, 0.2) is 0 Å². The molecule has 2 aliphatic rings. The summed E-state index contributed by atoms with van der Waals surface area (Å²) in [5, 5.41) is 2.95. The summed E-state index contributed by atoms with van der Waals surface area (Å²) in [6.07, 6.45) is 8.37. The van der Waals surface area contributed by atoms with Gasteiger partial charge in [0.05, 0.1) is 0 Å². The molecule has 0 spiro atoms. The van der Waals surface area contributed by atoms with Crippen LogP contribution in [0.3, 0.4) is 0 Å². The fraction of sp³-hybridized carbons (Fsp3) is 0.533. The Hall–Kier alpha value is -2.62. The SMILES string of the molecule is CC(=O)Oc1c(C)cccc1C.CCCCNC(=O)C1CCC1.Cc1cccc2c1CC[C@@H]2C. The number of nitrogens with one attached hydrogen (secondary N) is 1. The summed E-state index contributed by atoms with van der Waals surface area (Å²) in [5.74, 6) is 1.85. The maximum atomic E-state index is 11.2. The summed E-state index contributed by atoms with van der Waals surface area (Å²) >= 11 is 0. The Labute approximate surface area is 206 Å². The van der Waals surface area contributed by atoms with Crippen LogP contribution in [0.5, 0.6) is 5.75 Å². The summed E-state index contributed by atoms with van der Waals surface area (Å²) < 4.78 is 5.04. The topological polar surface area (TPSA) is 55.4 Å². The molecular weight excluding hydrogens is 422 g/mol. The molecule has 4 nitrogen and oxygen atoms in total. The monoisotopic (exact) mass is 465 g/mol. The van der Waals surface area contributed by atoms with Crippen molar-refractivity contribution in [3.63, 3.8) is 0 Å². The maximum Gasteiger partial charge on any atom is 0.308 e. The van der Waals surface area contributed by atoms with Crippen molar-refractivity contribution < 1.29 is 14.3 Å². The van der Waals surface area contributed by atoms with Crippen LogP contribution in [0.1, 0.15) is 93.0 Å². The average molecular weight is 466 g/mol. The van der Waals surface area contributed by atoms with E-state index in [2.05, 4.69) is 44.3 Å². The predicted molar refractivity (Wildman–Crippen MR) is 140 cm³/mol. The van der Waals surface area contributed by atoms with Crippen LogP contribution >= 0.6 is 0 Å². The fourth-order valence-electron chi connectivity index (χ4n) is 4.35. The first-order valence-corrected chi connectivity index (χ1v) is 12.8. The molecule has 1 fully saturated rings. The van der Waals surface area contributed by atoms with Crippen LogP contribution < -0.4 is 10.1 Å². The number of rotatable bonds is 5. The van der Waals surface area contributed by atoms with Crippen molar-refractivity contribution in [3.05, 3.63) is 64.2 Å². The number of hydrogen-bond donors (Lipinski definition) is 1. The Morgan fingerprint density at radius 2 is 1.59 bits per heavy atom. The molecule has 1 saturated carbocycles. The minimum Gasteiger partial charge on any atom is -0.426 e. The molecule has 0 heterocycles. The number of benzene rings is 2. The van der Waals surface area contributed by atoms with Crippen LogP contribution in [0.25, 0.3) is 0 Å². The highest BCUT2D eigenvalue weighted by Gasteiger charge is 2.24. The molecule has 1 N–H and O–H groups in total. The minimum absolute atomic E-state index is 0.271. The van der Waals surface area contributed by atoms with Gasteiger partial charge >= 0.3 is 5.97 Å². The predicted octanol–water partition coefficient (Wildman–Crippen LogP) is 6.98. The molecule has 2 aromatic carbocycles. The highest BCUT2D eigenvalue weighted by atomic mass is 16.5. The first-order valence-electron chi connectivity index (χ1n) is 12.8. The molecule has 2 aromatic rings. The molecule has 4 rings (SSSR count). The molecule has 0 radical (unpaired) electrons. The van der Waals surface area contributed by atoms with Crippen molar-refractivity contribution in [2.24, 2.45) is 5.92 Å². The Balaban J connectivity index is 0.000000180. The van der Waals surface area contributed by atoms with Gasteiger partial charge in [-0.15, -0.1) is 0 Å². The van der Waals surface area contributed by atoms with Gasteiger partial charge in [-0.1, -0.05) is 63.1 Å². The molecule has 186 valence electrons. The molecule has 34 heavy (non-hydrogen) atoms. The summed E-state index contributed by atoms with van der Waals surface area (Å²) in [4.78, 5) is 21.9. The van der Waals surface area contributed by atoms with Crippen LogP contribution in [0, 0.1) is 26.7 Å². The zero-order valence-corrected chi connectivity index (χ0v) is 22.0. The fourth-order valence-corrected chi connectivity index (χ4v) is 4.35. The van der Waals surface area contributed by atoms with E-state index in [1.165, 1.54) is 31.7 Å². The number of amides is 1. The lowest BCUT2D eigenvalue weighted by atomic mass is 9.85. The number of para-hydroxylation sites is 1. The molecule has 0 unspecified atom stereocenters. The third-order valence-corrected chi connectivity index (χ3v) is 6.76. The number of fused-ring (bicyclic) bond motifs is 1. The van der Waals surface area contributed by atoms with E-state index >= 15 is 0 Å². The molecule has 1 amide bonds. The van der Waals surface area contributed by atoms with E-state index in [1.54, 1.807) is 11.1 Å². The van der Waals surface area contributed by atoms with Crippen LogP contribution in [-0.2, 0) is 16.0 Å². The number of aryl methyl sites for hydroxylation is 3. The molecule has 0 aliphatic heterocycles. The summed E-state index contributed by atoms with van der Waals surface area (Å²) in [6.45, 7) is 12.8. The number of unbranched alkanes of at least 4 members (excludes halogenated alkanes) is 1. The normalized spacial score (nSPS) is 16.1. The van der Waals surface area contributed by atoms with Gasteiger partial charge in [0.1, 0.15) is 5.75 Å². The van der Waals surface area contributed by atoms with E-state index in [-0.39, 0.29) is 11.9 Å².